The Labute approximate surface area is 174 Å². The van der Waals surface area contributed by atoms with Crippen molar-refractivity contribution in [2.75, 3.05) is 32.8 Å². The third kappa shape index (κ3) is 4.74. The lowest BCUT2D eigenvalue weighted by Gasteiger charge is -2.26. The Bertz CT molecular complexity index is 890. The number of urea groups is 1. The summed E-state index contributed by atoms with van der Waals surface area (Å²) < 4.78 is 11.5. The van der Waals surface area contributed by atoms with Crippen LogP contribution in [0.4, 0.5) is 4.79 Å². The van der Waals surface area contributed by atoms with E-state index in [1.165, 1.54) is 0 Å². The Morgan fingerprint density at radius 2 is 1.79 bits per heavy atom. The fourth-order valence-electron chi connectivity index (χ4n) is 3.36. The molecule has 7 nitrogen and oxygen atoms in total. The van der Waals surface area contributed by atoms with Gasteiger partial charge >= 0.3 is 6.03 Å². The number of nitrogens with zero attached hydrogens (tertiary/aromatic N) is 2. The van der Waals surface area contributed by atoms with Crippen LogP contribution in [-0.2, 0) is 11.3 Å². The van der Waals surface area contributed by atoms with Crippen molar-refractivity contribution < 1.29 is 19.1 Å². The molecule has 0 saturated carbocycles. The third-order valence-corrected chi connectivity index (χ3v) is 5.15. The number of nitrogens with one attached hydrogen (secondary N) is 1. The number of rotatable bonds is 6. The van der Waals surface area contributed by atoms with Crippen molar-refractivity contribution in [3.8, 4) is 11.5 Å². The maximum absolute atomic E-state index is 12.6. The minimum absolute atomic E-state index is 0.0279. The van der Waals surface area contributed by atoms with Crippen LogP contribution in [0.2, 0.25) is 5.02 Å². The summed E-state index contributed by atoms with van der Waals surface area (Å²) in [6.07, 6.45) is -0.260. The molecule has 0 unspecified atom stereocenters. The topological polar surface area (TPSA) is 71.1 Å². The highest BCUT2D eigenvalue weighted by atomic mass is 35.5. The fourth-order valence-corrected chi connectivity index (χ4v) is 3.48. The molecule has 1 atom stereocenters. The van der Waals surface area contributed by atoms with E-state index in [-0.39, 0.29) is 24.6 Å². The second kappa shape index (κ2) is 8.61. The van der Waals surface area contributed by atoms with Gasteiger partial charge in [-0.3, -0.25) is 4.79 Å². The van der Waals surface area contributed by atoms with Crippen LogP contribution in [0, 0.1) is 0 Å². The van der Waals surface area contributed by atoms with Gasteiger partial charge in [-0.1, -0.05) is 35.9 Å². The number of amides is 3. The summed E-state index contributed by atoms with van der Waals surface area (Å²) >= 11 is 5.90. The molecule has 3 amide bonds. The third-order valence-electron chi connectivity index (χ3n) is 4.90. The maximum atomic E-state index is 12.6. The van der Waals surface area contributed by atoms with Crippen molar-refractivity contribution in [1.82, 2.24) is 15.1 Å². The fraction of sp³-hybridized carbons (Fsp3) is 0.333. The van der Waals surface area contributed by atoms with Crippen molar-refractivity contribution in [1.29, 1.82) is 0 Å². The van der Waals surface area contributed by atoms with Gasteiger partial charge in [-0.15, -0.1) is 0 Å². The standard InChI is InChI=1S/C21H22ClN3O4/c22-16-7-5-15(6-8-16)12-24-9-10-25(21(24)27)13-20(26)23-11-17-14-28-18-3-1-2-4-19(18)29-17/h1-8,17H,9-14H2,(H,23,26)/t17-/m0/s1. The van der Waals surface area contributed by atoms with E-state index in [0.29, 0.717) is 49.3 Å². The minimum Gasteiger partial charge on any atom is -0.486 e. The Morgan fingerprint density at radius 1 is 1.07 bits per heavy atom. The number of fused-ring (bicyclic) bond motifs is 1. The van der Waals surface area contributed by atoms with Gasteiger partial charge in [0.05, 0.1) is 6.54 Å². The second-order valence-electron chi connectivity index (χ2n) is 7.05. The summed E-state index contributed by atoms with van der Waals surface area (Å²) in [5.41, 5.74) is 1.00. The predicted molar refractivity (Wildman–Crippen MR) is 108 cm³/mol. The molecule has 2 aliphatic heterocycles. The molecule has 4 rings (SSSR count). The monoisotopic (exact) mass is 415 g/mol. The zero-order chi connectivity index (χ0) is 20.2. The van der Waals surface area contributed by atoms with Crippen LogP contribution in [0.15, 0.2) is 48.5 Å². The van der Waals surface area contributed by atoms with Gasteiger partial charge in [0.15, 0.2) is 11.5 Å². The van der Waals surface area contributed by atoms with Crippen molar-refractivity contribution in [3.05, 3.63) is 59.1 Å². The van der Waals surface area contributed by atoms with Gasteiger partial charge in [-0.2, -0.15) is 0 Å². The number of carbonyl (C=O) groups is 2. The van der Waals surface area contributed by atoms with Gasteiger partial charge < -0.3 is 24.6 Å². The van der Waals surface area contributed by atoms with Crippen molar-refractivity contribution in [3.63, 3.8) is 0 Å². The van der Waals surface area contributed by atoms with Crippen LogP contribution < -0.4 is 14.8 Å². The zero-order valence-corrected chi connectivity index (χ0v) is 16.6. The lowest BCUT2D eigenvalue weighted by atomic mass is 10.2. The summed E-state index contributed by atoms with van der Waals surface area (Å²) in [6, 6.07) is 14.7. The largest absolute Gasteiger partial charge is 0.486 e. The predicted octanol–water partition coefficient (Wildman–Crippen LogP) is 2.53. The van der Waals surface area contributed by atoms with Crippen LogP contribution in [0.25, 0.3) is 0 Å². The van der Waals surface area contributed by atoms with Crippen molar-refractivity contribution in [2.24, 2.45) is 0 Å². The number of carbonyl (C=O) groups excluding carboxylic acids is 2. The normalized spacial score (nSPS) is 18.1. The highest BCUT2D eigenvalue weighted by molar-refractivity contribution is 6.30. The molecule has 1 fully saturated rings. The summed E-state index contributed by atoms with van der Waals surface area (Å²) in [6.45, 7) is 2.33. The molecular weight excluding hydrogens is 394 g/mol. The number of benzene rings is 2. The van der Waals surface area contributed by atoms with Gasteiger partial charge in [0.25, 0.3) is 0 Å². The first-order valence-electron chi connectivity index (χ1n) is 9.52. The molecule has 2 aromatic rings. The first-order chi connectivity index (χ1) is 14.1. The molecule has 2 aliphatic rings. The average molecular weight is 416 g/mol. The molecule has 29 heavy (non-hydrogen) atoms. The number of halogens is 1. The van der Waals surface area contributed by atoms with Gasteiger partial charge in [-0.05, 0) is 29.8 Å². The van der Waals surface area contributed by atoms with E-state index >= 15 is 0 Å². The highest BCUT2D eigenvalue weighted by Crippen LogP contribution is 2.30. The molecule has 152 valence electrons. The Morgan fingerprint density at radius 3 is 2.59 bits per heavy atom. The minimum atomic E-state index is -0.260. The number of ether oxygens (including phenoxy) is 2. The van der Waals surface area contributed by atoms with Gasteiger partial charge in [0.2, 0.25) is 5.91 Å². The number of hydrogen-bond acceptors (Lipinski definition) is 4. The van der Waals surface area contributed by atoms with Gasteiger partial charge in [0.1, 0.15) is 19.3 Å². The average Bonchev–Trinajstić information content (AvgIpc) is 3.07. The summed E-state index contributed by atoms with van der Waals surface area (Å²) in [5, 5.41) is 3.49. The Kier molecular flexibility index (Phi) is 5.76. The molecule has 2 aromatic carbocycles. The van der Waals surface area contributed by atoms with Crippen LogP contribution in [0.1, 0.15) is 5.56 Å². The molecule has 1 N–H and O–H groups in total. The van der Waals surface area contributed by atoms with Crippen LogP contribution in [0.5, 0.6) is 11.5 Å². The molecule has 1 saturated heterocycles. The molecule has 0 radical (unpaired) electrons. The number of para-hydroxylation sites is 2. The first-order valence-corrected chi connectivity index (χ1v) is 9.90. The van der Waals surface area contributed by atoms with E-state index in [9.17, 15) is 9.59 Å². The lowest BCUT2D eigenvalue weighted by molar-refractivity contribution is -0.122. The van der Waals surface area contributed by atoms with Crippen LogP contribution >= 0.6 is 11.6 Å². The van der Waals surface area contributed by atoms with Gasteiger partial charge in [0, 0.05) is 24.7 Å². The first kappa shape index (κ1) is 19.4. The lowest BCUT2D eigenvalue weighted by Crippen LogP contribution is -2.45. The summed E-state index contributed by atoms with van der Waals surface area (Å²) in [7, 11) is 0. The Balaban J connectivity index is 1.23. The molecule has 2 heterocycles. The Hall–Kier alpha value is -2.93. The smallest absolute Gasteiger partial charge is 0.320 e. The van der Waals surface area contributed by atoms with Crippen molar-refractivity contribution >= 4 is 23.5 Å². The number of hydrogen-bond donors (Lipinski definition) is 1. The molecule has 0 aliphatic carbocycles. The van der Waals surface area contributed by atoms with Crippen LogP contribution in [0.3, 0.4) is 0 Å². The van der Waals surface area contributed by atoms with Crippen molar-refractivity contribution in [2.45, 2.75) is 12.6 Å². The highest BCUT2D eigenvalue weighted by Gasteiger charge is 2.30. The molecule has 0 bridgehead atoms. The van der Waals surface area contributed by atoms with E-state index < -0.39 is 0 Å². The van der Waals surface area contributed by atoms with Gasteiger partial charge in [-0.25, -0.2) is 4.79 Å². The zero-order valence-electron chi connectivity index (χ0n) is 15.8. The van der Waals surface area contributed by atoms with E-state index in [4.69, 9.17) is 21.1 Å². The summed E-state index contributed by atoms with van der Waals surface area (Å²) in [4.78, 5) is 28.1. The van der Waals surface area contributed by atoms with E-state index in [2.05, 4.69) is 5.32 Å². The SMILES string of the molecule is O=C(CN1CCN(Cc2ccc(Cl)cc2)C1=O)NC[C@H]1COc2ccccc2O1. The quantitative estimate of drug-likeness (QED) is 0.787. The summed E-state index contributed by atoms with van der Waals surface area (Å²) in [5.74, 6) is 1.17. The molecule has 8 heteroatoms. The van der Waals surface area contributed by atoms with Crippen LogP contribution in [-0.4, -0.2) is 60.6 Å². The van der Waals surface area contributed by atoms with E-state index in [0.717, 1.165) is 5.56 Å². The van der Waals surface area contributed by atoms with E-state index in [1.807, 2.05) is 36.4 Å². The maximum Gasteiger partial charge on any atom is 0.320 e. The molecular formula is C21H22ClN3O4. The molecule has 0 aromatic heterocycles. The second-order valence-corrected chi connectivity index (χ2v) is 7.49. The molecule has 0 spiro atoms. The van der Waals surface area contributed by atoms with E-state index in [1.54, 1.807) is 21.9 Å².